The summed E-state index contributed by atoms with van der Waals surface area (Å²) < 4.78 is 5.70. The summed E-state index contributed by atoms with van der Waals surface area (Å²) in [7, 11) is 0. The molecule has 0 atom stereocenters. The minimum atomic E-state index is 0.320. The molecular formula is C15H12N4O. The Bertz CT molecular complexity index is 754. The molecule has 5 heteroatoms. The second kappa shape index (κ2) is 5.29. The predicted molar refractivity (Wildman–Crippen MR) is 74.1 cm³/mol. The second-order valence-corrected chi connectivity index (χ2v) is 4.30. The number of pyridine rings is 1. The Labute approximate surface area is 116 Å². The van der Waals surface area contributed by atoms with Crippen LogP contribution in [0, 0.1) is 36.5 Å². The van der Waals surface area contributed by atoms with Gasteiger partial charge >= 0.3 is 0 Å². The topological polar surface area (TPSA) is 95.7 Å². The maximum absolute atomic E-state index is 9.18. The van der Waals surface area contributed by atoms with Crippen molar-refractivity contribution in [3.05, 3.63) is 46.8 Å². The molecule has 0 saturated heterocycles. The van der Waals surface area contributed by atoms with Gasteiger partial charge in [0.25, 0.3) is 0 Å². The molecule has 1 heterocycles. The lowest BCUT2D eigenvalue weighted by Crippen LogP contribution is -1.98. The van der Waals surface area contributed by atoms with Crippen LogP contribution in [0.15, 0.2) is 24.3 Å². The quantitative estimate of drug-likeness (QED) is 0.841. The third-order valence-corrected chi connectivity index (χ3v) is 2.75. The smallest absolute Gasteiger partial charge is 0.148 e. The number of nitriles is 2. The first kappa shape index (κ1) is 13.4. The summed E-state index contributed by atoms with van der Waals surface area (Å²) in [6.07, 6.45) is 0. The highest BCUT2D eigenvalue weighted by molar-refractivity contribution is 5.56. The van der Waals surface area contributed by atoms with Crippen LogP contribution in [-0.2, 0) is 0 Å². The average Bonchev–Trinajstić information content (AvgIpc) is 2.40. The van der Waals surface area contributed by atoms with Crippen molar-refractivity contribution in [2.75, 3.05) is 5.73 Å². The van der Waals surface area contributed by atoms with Gasteiger partial charge in [-0.25, -0.2) is 0 Å². The number of ether oxygens (including phenoxy) is 1. The first-order valence-electron chi connectivity index (χ1n) is 5.91. The number of hydrogen-bond acceptors (Lipinski definition) is 5. The lowest BCUT2D eigenvalue weighted by molar-refractivity contribution is 0.477. The van der Waals surface area contributed by atoms with E-state index in [2.05, 4.69) is 11.1 Å². The van der Waals surface area contributed by atoms with Crippen LogP contribution in [0.25, 0.3) is 0 Å². The third-order valence-electron chi connectivity index (χ3n) is 2.75. The summed E-state index contributed by atoms with van der Waals surface area (Å²) in [5.74, 6) is 0.752. The van der Waals surface area contributed by atoms with Crippen LogP contribution < -0.4 is 10.5 Å². The van der Waals surface area contributed by atoms with Crippen molar-refractivity contribution in [2.45, 2.75) is 13.8 Å². The fraction of sp³-hybridized carbons (Fsp3) is 0.133. The molecule has 2 N–H and O–H groups in total. The van der Waals surface area contributed by atoms with E-state index in [4.69, 9.17) is 15.7 Å². The summed E-state index contributed by atoms with van der Waals surface area (Å²) in [5, 5.41) is 18.3. The Morgan fingerprint density at radius 2 is 1.85 bits per heavy atom. The molecule has 1 aromatic carbocycles. The first-order valence-corrected chi connectivity index (χ1v) is 5.91. The van der Waals surface area contributed by atoms with E-state index in [1.54, 1.807) is 25.1 Å². The molecule has 5 nitrogen and oxygen atoms in total. The third kappa shape index (κ3) is 2.52. The Kier molecular flexibility index (Phi) is 3.54. The van der Waals surface area contributed by atoms with Crippen molar-refractivity contribution < 1.29 is 4.74 Å². The van der Waals surface area contributed by atoms with Gasteiger partial charge in [-0.1, -0.05) is 0 Å². The molecule has 1 aromatic heterocycles. The summed E-state index contributed by atoms with van der Waals surface area (Å²) >= 11 is 0. The monoisotopic (exact) mass is 264 g/mol. The van der Waals surface area contributed by atoms with E-state index in [-0.39, 0.29) is 0 Å². The van der Waals surface area contributed by atoms with E-state index in [0.29, 0.717) is 34.0 Å². The fourth-order valence-electron chi connectivity index (χ4n) is 1.85. The van der Waals surface area contributed by atoms with Crippen LogP contribution in [0.1, 0.15) is 22.5 Å². The standard InChI is InChI=1S/C15H12N4O/c1-9-5-15(13(8-17)10(2)19-9)20-14-4-3-12(18)6-11(14)7-16/h3-6H,18H2,1-2H3. The number of hydrogen-bond donors (Lipinski definition) is 1. The van der Waals surface area contributed by atoms with Crippen LogP contribution in [0.3, 0.4) is 0 Å². The number of nitrogens with zero attached hydrogens (tertiary/aromatic N) is 3. The number of aromatic nitrogens is 1. The summed E-state index contributed by atoms with van der Waals surface area (Å²) in [6.45, 7) is 3.56. The number of benzene rings is 1. The Morgan fingerprint density at radius 1 is 1.10 bits per heavy atom. The number of aryl methyl sites for hydroxylation is 2. The second-order valence-electron chi connectivity index (χ2n) is 4.30. The molecular weight excluding hydrogens is 252 g/mol. The van der Waals surface area contributed by atoms with Gasteiger partial charge in [0.1, 0.15) is 29.2 Å². The van der Waals surface area contributed by atoms with E-state index >= 15 is 0 Å². The minimum Gasteiger partial charge on any atom is -0.454 e. The molecule has 20 heavy (non-hydrogen) atoms. The van der Waals surface area contributed by atoms with Crippen LogP contribution >= 0.6 is 0 Å². The molecule has 0 saturated carbocycles. The number of anilines is 1. The van der Waals surface area contributed by atoms with Gasteiger partial charge in [0.15, 0.2) is 0 Å². The lowest BCUT2D eigenvalue weighted by Gasteiger charge is -2.11. The van der Waals surface area contributed by atoms with Gasteiger partial charge in [-0.15, -0.1) is 0 Å². The van der Waals surface area contributed by atoms with E-state index in [0.717, 1.165) is 5.69 Å². The molecule has 0 bridgehead atoms. The zero-order valence-electron chi connectivity index (χ0n) is 11.1. The van der Waals surface area contributed by atoms with Crippen molar-refractivity contribution in [3.63, 3.8) is 0 Å². The Hall–Kier alpha value is -3.05. The molecule has 0 unspecified atom stereocenters. The van der Waals surface area contributed by atoms with E-state index < -0.39 is 0 Å². The van der Waals surface area contributed by atoms with Gasteiger partial charge in [-0.3, -0.25) is 4.98 Å². The Morgan fingerprint density at radius 3 is 2.50 bits per heavy atom. The fourth-order valence-corrected chi connectivity index (χ4v) is 1.85. The molecule has 98 valence electrons. The molecule has 0 fully saturated rings. The minimum absolute atomic E-state index is 0.320. The molecule has 0 radical (unpaired) electrons. The molecule has 2 rings (SSSR count). The highest BCUT2D eigenvalue weighted by Gasteiger charge is 2.12. The molecule has 0 amide bonds. The van der Waals surface area contributed by atoms with E-state index in [1.165, 1.54) is 6.07 Å². The number of nitrogen functional groups attached to an aromatic ring is 1. The highest BCUT2D eigenvalue weighted by atomic mass is 16.5. The van der Waals surface area contributed by atoms with Crippen LogP contribution in [0.5, 0.6) is 11.5 Å². The van der Waals surface area contributed by atoms with Gasteiger partial charge in [-0.05, 0) is 32.0 Å². The van der Waals surface area contributed by atoms with E-state index in [9.17, 15) is 5.26 Å². The zero-order chi connectivity index (χ0) is 14.7. The van der Waals surface area contributed by atoms with Crippen molar-refractivity contribution in [1.82, 2.24) is 4.98 Å². The normalized spacial score (nSPS) is 9.60. The number of rotatable bonds is 2. The molecule has 2 aromatic rings. The van der Waals surface area contributed by atoms with Crippen molar-refractivity contribution >= 4 is 5.69 Å². The van der Waals surface area contributed by atoms with Gasteiger partial charge < -0.3 is 10.5 Å². The molecule has 0 aliphatic heterocycles. The maximum Gasteiger partial charge on any atom is 0.148 e. The van der Waals surface area contributed by atoms with Gasteiger partial charge in [0.2, 0.25) is 0 Å². The largest absolute Gasteiger partial charge is 0.454 e. The Balaban J connectivity index is 2.51. The summed E-state index contributed by atoms with van der Waals surface area (Å²) in [6, 6.07) is 10.5. The van der Waals surface area contributed by atoms with Gasteiger partial charge in [0.05, 0.1) is 11.3 Å². The first-order chi connectivity index (χ1) is 9.55. The highest BCUT2D eigenvalue weighted by Crippen LogP contribution is 2.30. The predicted octanol–water partition coefficient (Wildman–Crippen LogP) is 2.82. The SMILES string of the molecule is Cc1cc(Oc2ccc(N)cc2C#N)c(C#N)c(C)n1. The van der Waals surface area contributed by atoms with Crippen LogP contribution in [0.4, 0.5) is 5.69 Å². The van der Waals surface area contributed by atoms with E-state index in [1.807, 2.05) is 13.0 Å². The lowest BCUT2D eigenvalue weighted by atomic mass is 10.1. The average molecular weight is 264 g/mol. The zero-order valence-corrected chi connectivity index (χ0v) is 11.1. The summed E-state index contributed by atoms with van der Waals surface area (Å²) in [4.78, 5) is 4.22. The molecule has 0 aliphatic carbocycles. The summed E-state index contributed by atoms with van der Waals surface area (Å²) in [5.41, 5.74) is 8.13. The van der Waals surface area contributed by atoms with Crippen molar-refractivity contribution in [3.8, 4) is 23.6 Å². The van der Waals surface area contributed by atoms with Crippen molar-refractivity contribution in [1.29, 1.82) is 10.5 Å². The number of nitrogens with two attached hydrogens (primary N) is 1. The van der Waals surface area contributed by atoms with Crippen LogP contribution in [0.2, 0.25) is 0 Å². The molecule has 0 aliphatic rings. The van der Waals surface area contributed by atoms with Crippen LogP contribution in [-0.4, -0.2) is 4.98 Å². The van der Waals surface area contributed by atoms with Gasteiger partial charge in [-0.2, -0.15) is 10.5 Å². The maximum atomic E-state index is 9.18. The van der Waals surface area contributed by atoms with Gasteiger partial charge in [0, 0.05) is 17.4 Å². The van der Waals surface area contributed by atoms with Crippen molar-refractivity contribution in [2.24, 2.45) is 0 Å². The molecule has 0 spiro atoms.